The van der Waals surface area contributed by atoms with Gasteiger partial charge in [0.05, 0.1) is 11.8 Å². The van der Waals surface area contributed by atoms with Crippen LogP contribution in [-0.2, 0) is 0 Å². The van der Waals surface area contributed by atoms with Crippen molar-refractivity contribution in [3.8, 4) is 86.2 Å². The number of benzene rings is 10. The van der Waals surface area contributed by atoms with Crippen LogP contribution < -0.4 is 9.47 Å². The summed E-state index contributed by atoms with van der Waals surface area (Å²) >= 11 is 0. The van der Waals surface area contributed by atoms with Crippen molar-refractivity contribution in [2.24, 2.45) is 0 Å². The molecule has 2 aliphatic heterocycles. The third-order valence-electron chi connectivity index (χ3n) is 16.8. The van der Waals surface area contributed by atoms with Crippen molar-refractivity contribution in [3.05, 3.63) is 266 Å². The highest BCUT2D eigenvalue weighted by Gasteiger charge is 2.53. The Morgan fingerprint density at radius 3 is 1.26 bits per heavy atom. The molecule has 3 aliphatic rings. The highest BCUT2D eigenvalue weighted by atomic mass is 16.5. The summed E-state index contributed by atoms with van der Waals surface area (Å²) in [7, 11) is 0. The zero-order chi connectivity index (χ0) is 59.1. The van der Waals surface area contributed by atoms with Gasteiger partial charge in [-0.1, -0.05) is 72.8 Å². The lowest BCUT2D eigenvalue weighted by Crippen LogP contribution is -2.22. The molecule has 85 heavy (non-hydrogen) atoms. The van der Waals surface area contributed by atoms with Crippen LogP contribution in [0.1, 0.15) is 126 Å². The van der Waals surface area contributed by atoms with Gasteiger partial charge in [-0.05, 0) is 153 Å². The van der Waals surface area contributed by atoms with Gasteiger partial charge in [0.1, 0.15) is 98.5 Å². The fraction of sp³-hybridized carbons (Fsp3) is 0.114. The van der Waals surface area contributed by atoms with Gasteiger partial charge in [0.2, 0.25) is 0 Å². The van der Waals surface area contributed by atoms with Crippen LogP contribution in [0.4, 0.5) is 0 Å². The number of hydrogen-bond acceptors (Lipinski definition) is 15. The van der Waals surface area contributed by atoms with Crippen molar-refractivity contribution < 1.29 is 75.9 Å². The summed E-state index contributed by atoms with van der Waals surface area (Å²) < 4.78 is 13.8. The van der Waals surface area contributed by atoms with Crippen LogP contribution in [0.3, 0.4) is 0 Å². The first-order valence-corrected chi connectivity index (χ1v) is 27.3. The largest absolute Gasteiger partial charge is 0.508 e. The number of phenols is 13. The molecule has 424 valence electrons. The van der Waals surface area contributed by atoms with Gasteiger partial charge in [0.15, 0.2) is 0 Å². The summed E-state index contributed by atoms with van der Waals surface area (Å²) in [6.45, 7) is 0. The maximum Gasteiger partial charge on any atom is 0.135 e. The Labute approximate surface area is 485 Å². The first kappa shape index (κ1) is 53.3. The molecular weight excluding hydrogens is 1080 g/mol. The molecule has 1 aliphatic carbocycles. The summed E-state index contributed by atoms with van der Waals surface area (Å²) in [6.07, 6.45) is 1.73. The van der Waals surface area contributed by atoms with E-state index in [-0.39, 0.29) is 91.8 Å². The third-order valence-corrected chi connectivity index (χ3v) is 16.8. The average molecular weight is 1140 g/mol. The van der Waals surface area contributed by atoms with Gasteiger partial charge in [-0.3, -0.25) is 0 Å². The third kappa shape index (κ3) is 9.56. The zero-order valence-corrected chi connectivity index (χ0v) is 44.8. The van der Waals surface area contributed by atoms with Crippen LogP contribution in [0.5, 0.6) is 86.2 Å². The molecular formula is C70H54O15. The molecule has 13 rings (SSSR count). The van der Waals surface area contributed by atoms with E-state index < -0.39 is 47.7 Å². The molecule has 13 N–H and O–H groups in total. The van der Waals surface area contributed by atoms with Crippen LogP contribution in [0.25, 0.3) is 12.2 Å². The van der Waals surface area contributed by atoms with Crippen LogP contribution in [0, 0.1) is 0 Å². The lowest BCUT2D eigenvalue weighted by atomic mass is 9.66. The normalized spacial score (nSPS) is 19.6. The molecule has 0 amide bonds. The number of rotatable bonds is 11. The molecule has 8 atom stereocenters. The Morgan fingerprint density at radius 1 is 0.318 bits per heavy atom. The first-order valence-electron chi connectivity index (χ1n) is 27.3. The van der Waals surface area contributed by atoms with Crippen molar-refractivity contribution in [2.45, 2.75) is 47.7 Å². The van der Waals surface area contributed by atoms with Gasteiger partial charge in [-0.25, -0.2) is 0 Å². The quantitative estimate of drug-likeness (QED) is 0.0536. The molecule has 15 nitrogen and oxygen atoms in total. The lowest BCUT2D eigenvalue weighted by Gasteiger charge is -2.36. The van der Waals surface area contributed by atoms with Crippen molar-refractivity contribution >= 4 is 12.2 Å². The Morgan fingerprint density at radius 2 is 0.741 bits per heavy atom. The summed E-state index contributed by atoms with van der Waals surface area (Å²) in [5.74, 6) is -7.85. The molecule has 2 heterocycles. The Hall–Kier alpha value is -11.1. The molecule has 10 aromatic carbocycles. The van der Waals surface area contributed by atoms with Gasteiger partial charge >= 0.3 is 0 Å². The second-order valence-electron chi connectivity index (χ2n) is 21.9. The van der Waals surface area contributed by atoms with Crippen molar-refractivity contribution in [1.82, 2.24) is 0 Å². The predicted molar refractivity (Wildman–Crippen MR) is 315 cm³/mol. The van der Waals surface area contributed by atoms with Gasteiger partial charge < -0.3 is 75.9 Å². The molecule has 10 aromatic rings. The van der Waals surface area contributed by atoms with E-state index in [9.17, 15) is 66.4 Å². The van der Waals surface area contributed by atoms with Crippen LogP contribution in [0.15, 0.2) is 188 Å². The molecule has 0 saturated carbocycles. The van der Waals surface area contributed by atoms with E-state index in [4.69, 9.17) is 9.47 Å². The second-order valence-corrected chi connectivity index (χ2v) is 21.9. The summed E-state index contributed by atoms with van der Waals surface area (Å²) in [5.41, 5.74) is 6.38. The molecule has 0 radical (unpaired) electrons. The van der Waals surface area contributed by atoms with Crippen LogP contribution in [0.2, 0.25) is 0 Å². The van der Waals surface area contributed by atoms with Crippen molar-refractivity contribution in [3.63, 3.8) is 0 Å². The molecule has 0 spiro atoms. The standard InChI is InChI=1S/C70H54O15/c71-41-12-1-34(2-13-41)3-22-52-63(56(83)33-58-65(52)61(39-23-46(76)27-47(77)24-39)69(85-58)37-8-18-44(74)19-9-37)59(35-4-14-42(72)15-5-35)67-53-29-50(80)31-55(82)64(53)60(36-6-16-43(73)17-7-36)68(67)54-30-51(81)32-57-66(54)62(40-25-48(78)28-49(79)26-40)70(84-57)38-10-20-45(75)21-11-38/h1-33,59-62,67-83H/b22-3+/t59-,60-,61+,62+,67-,68+,69-,70-/m0/s1. The van der Waals surface area contributed by atoms with E-state index >= 15 is 0 Å². The van der Waals surface area contributed by atoms with E-state index in [1.54, 1.807) is 84.9 Å². The first-order chi connectivity index (χ1) is 40.9. The summed E-state index contributed by atoms with van der Waals surface area (Å²) in [4.78, 5) is 0. The fourth-order valence-electron chi connectivity index (χ4n) is 13.5. The molecule has 0 bridgehead atoms. The maximum atomic E-state index is 13.4. The van der Waals surface area contributed by atoms with Crippen LogP contribution in [-0.4, -0.2) is 66.4 Å². The van der Waals surface area contributed by atoms with E-state index in [2.05, 4.69) is 0 Å². The monoisotopic (exact) mass is 1130 g/mol. The molecule has 0 unspecified atom stereocenters. The minimum absolute atomic E-state index is 0.0133. The zero-order valence-electron chi connectivity index (χ0n) is 44.8. The minimum Gasteiger partial charge on any atom is -0.508 e. The number of phenolic OH excluding ortho intramolecular Hbond substituents is 13. The van der Waals surface area contributed by atoms with E-state index in [0.717, 1.165) is 0 Å². The fourth-order valence-corrected chi connectivity index (χ4v) is 13.5. The highest BCUT2D eigenvalue weighted by molar-refractivity contribution is 5.80. The molecule has 0 fully saturated rings. The van der Waals surface area contributed by atoms with Gasteiger partial charge in [0, 0.05) is 76.3 Å². The van der Waals surface area contributed by atoms with Gasteiger partial charge in [-0.2, -0.15) is 0 Å². The Bertz CT molecular complexity index is 4220. The molecule has 0 saturated heterocycles. The topological polar surface area (TPSA) is 281 Å². The summed E-state index contributed by atoms with van der Waals surface area (Å²) in [6, 6.07) is 47.7. The number of hydrogen-bond donors (Lipinski definition) is 13. The Balaban J connectivity index is 1.15. The minimum atomic E-state index is -1.13. The van der Waals surface area contributed by atoms with Gasteiger partial charge in [-0.15, -0.1) is 0 Å². The number of fused-ring (bicyclic) bond motifs is 3. The number of aromatic hydroxyl groups is 13. The lowest BCUT2D eigenvalue weighted by molar-refractivity contribution is 0.221. The summed E-state index contributed by atoms with van der Waals surface area (Å²) in [5, 5.41) is 148. The second kappa shape index (κ2) is 20.7. The molecule has 0 aromatic heterocycles. The number of ether oxygens (including phenoxy) is 2. The van der Waals surface area contributed by atoms with E-state index in [1.807, 2.05) is 0 Å². The van der Waals surface area contributed by atoms with E-state index in [0.29, 0.717) is 72.3 Å². The van der Waals surface area contributed by atoms with E-state index in [1.165, 1.54) is 115 Å². The smallest absolute Gasteiger partial charge is 0.135 e. The maximum absolute atomic E-state index is 13.4. The molecule has 15 heteroatoms. The SMILES string of the molecule is Oc1ccc(/C=C/c2c([C@H](c3ccc(O)cc3)[C@@H]3c4cc(O)cc(O)c4[C@H](c4ccc(O)cc4)[C@H]3c3cc(O)cc4c3[C@@H](c3cc(O)cc(O)c3)[C@H](c3ccc(O)cc3)O4)c(O)cc3c2[C@@H](c2cc(O)cc(O)c2)[C@H](c2ccc(O)cc2)O3)cc1. The Kier molecular flexibility index (Phi) is 13.0. The van der Waals surface area contributed by atoms with Crippen LogP contribution >= 0.6 is 0 Å². The van der Waals surface area contributed by atoms with Crippen molar-refractivity contribution in [2.75, 3.05) is 0 Å². The van der Waals surface area contributed by atoms with Gasteiger partial charge in [0.25, 0.3) is 0 Å². The highest BCUT2D eigenvalue weighted by Crippen LogP contribution is 2.68. The average Bonchev–Trinajstić information content (AvgIpc) is 1.69. The predicted octanol–water partition coefficient (Wildman–Crippen LogP) is 13.4. The van der Waals surface area contributed by atoms with Crippen molar-refractivity contribution in [1.29, 1.82) is 0 Å².